The molecule has 0 saturated carbocycles. The molecule has 0 fully saturated rings. The molecule has 13 heavy (non-hydrogen) atoms. The number of aromatic hydroxyl groups is 1. The first kappa shape index (κ1) is 13.3. The van der Waals surface area contributed by atoms with E-state index < -0.39 is 0 Å². The van der Waals surface area contributed by atoms with Crippen LogP contribution in [-0.2, 0) is 0 Å². The van der Waals surface area contributed by atoms with Crippen LogP contribution in [0, 0.1) is 0 Å². The van der Waals surface area contributed by atoms with Gasteiger partial charge in [-0.05, 0) is 19.1 Å². The Morgan fingerprint density at radius 1 is 1.31 bits per heavy atom. The molecule has 0 atom stereocenters. The van der Waals surface area contributed by atoms with Gasteiger partial charge in [0.1, 0.15) is 0 Å². The molecule has 1 aromatic rings. The van der Waals surface area contributed by atoms with E-state index in [1.165, 1.54) is 19.1 Å². The van der Waals surface area contributed by atoms with Crippen molar-refractivity contribution in [2.24, 2.45) is 0 Å². The van der Waals surface area contributed by atoms with Crippen molar-refractivity contribution in [2.45, 2.75) is 6.92 Å². The standard InChI is InChI=1S/C8H6Cl2O2.Na.H/c1-4(11)5-2-6(9)8(12)7(10)3-5;;/h2-3,12H,1H3;;. The van der Waals surface area contributed by atoms with Crippen molar-refractivity contribution >= 4 is 58.5 Å². The first-order valence-corrected chi connectivity index (χ1v) is 3.97. The Bertz CT molecular complexity index is 316. The molecule has 1 rings (SSSR count). The van der Waals surface area contributed by atoms with Crippen molar-refractivity contribution in [3.05, 3.63) is 27.7 Å². The first-order valence-electron chi connectivity index (χ1n) is 3.21. The summed E-state index contributed by atoms with van der Waals surface area (Å²) >= 11 is 11.2. The summed E-state index contributed by atoms with van der Waals surface area (Å²) in [5, 5.41) is 9.32. The van der Waals surface area contributed by atoms with Gasteiger partial charge in [-0.1, -0.05) is 23.2 Å². The third-order valence-corrected chi connectivity index (χ3v) is 2.00. The predicted molar refractivity (Wildman–Crippen MR) is 55.3 cm³/mol. The second-order valence-corrected chi connectivity index (χ2v) is 3.16. The molecular formula is C8H7Cl2NaO2. The molecule has 1 N–H and O–H groups in total. The third-order valence-electron chi connectivity index (χ3n) is 1.42. The van der Waals surface area contributed by atoms with Crippen LogP contribution < -0.4 is 0 Å². The monoisotopic (exact) mass is 228 g/mol. The zero-order valence-electron chi connectivity index (χ0n) is 6.27. The zero-order chi connectivity index (χ0) is 9.30. The fourth-order valence-electron chi connectivity index (χ4n) is 0.769. The number of benzene rings is 1. The summed E-state index contributed by atoms with van der Waals surface area (Å²) < 4.78 is 0. The maximum absolute atomic E-state index is 10.9. The Balaban J connectivity index is 0.00000144. The minimum absolute atomic E-state index is 0. The van der Waals surface area contributed by atoms with E-state index in [1.54, 1.807) is 0 Å². The third kappa shape index (κ3) is 3.15. The molecule has 0 spiro atoms. The van der Waals surface area contributed by atoms with E-state index in [4.69, 9.17) is 28.3 Å². The first-order chi connectivity index (χ1) is 5.52. The van der Waals surface area contributed by atoms with Crippen LogP contribution >= 0.6 is 23.2 Å². The van der Waals surface area contributed by atoms with Crippen LogP contribution in [0.2, 0.25) is 10.0 Å². The molecule has 5 heteroatoms. The van der Waals surface area contributed by atoms with E-state index in [0.717, 1.165) is 0 Å². The number of halogens is 2. The van der Waals surface area contributed by atoms with E-state index in [2.05, 4.69) is 0 Å². The van der Waals surface area contributed by atoms with Gasteiger partial charge >= 0.3 is 29.6 Å². The van der Waals surface area contributed by atoms with Crippen LogP contribution in [0.15, 0.2) is 12.1 Å². The number of hydrogen-bond acceptors (Lipinski definition) is 2. The summed E-state index contributed by atoms with van der Waals surface area (Å²) in [4.78, 5) is 10.9. The second-order valence-electron chi connectivity index (χ2n) is 2.34. The van der Waals surface area contributed by atoms with Crippen LogP contribution in [0.5, 0.6) is 5.75 Å². The topological polar surface area (TPSA) is 37.3 Å². The van der Waals surface area contributed by atoms with Gasteiger partial charge in [0, 0.05) is 5.56 Å². The molecule has 0 bridgehead atoms. The van der Waals surface area contributed by atoms with Crippen molar-refractivity contribution in [1.29, 1.82) is 0 Å². The number of phenols is 1. The maximum atomic E-state index is 10.9. The Kier molecular flexibility index (Phi) is 5.33. The number of carbonyl (C=O) groups excluding carboxylic acids is 1. The van der Waals surface area contributed by atoms with Gasteiger partial charge in [-0.15, -0.1) is 0 Å². The summed E-state index contributed by atoms with van der Waals surface area (Å²) in [6.07, 6.45) is 0. The summed E-state index contributed by atoms with van der Waals surface area (Å²) in [5.41, 5.74) is 0.391. The second kappa shape index (κ2) is 5.23. The molecule has 0 aliphatic rings. The molecule has 2 nitrogen and oxygen atoms in total. The van der Waals surface area contributed by atoms with E-state index in [9.17, 15) is 4.79 Å². The summed E-state index contributed by atoms with van der Waals surface area (Å²) in [7, 11) is 0. The van der Waals surface area contributed by atoms with Crippen molar-refractivity contribution in [3.8, 4) is 5.75 Å². The zero-order valence-corrected chi connectivity index (χ0v) is 7.78. The normalized spacial score (nSPS) is 9.15. The van der Waals surface area contributed by atoms with Crippen LogP contribution in [0.1, 0.15) is 17.3 Å². The van der Waals surface area contributed by atoms with E-state index in [1.807, 2.05) is 0 Å². The molecule has 1 aromatic carbocycles. The molecular weight excluding hydrogens is 222 g/mol. The van der Waals surface area contributed by atoms with Gasteiger partial charge in [0.15, 0.2) is 11.5 Å². The Hall–Kier alpha value is 0.270. The number of phenolic OH excluding ortho intramolecular Hbond substituents is 1. The number of rotatable bonds is 1. The number of Topliss-reactive ketones (excluding diaryl/α,β-unsaturated/α-hetero) is 1. The average Bonchev–Trinajstić information content (AvgIpc) is 1.99. The van der Waals surface area contributed by atoms with Gasteiger partial charge < -0.3 is 5.11 Å². The molecule has 0 aliphatic heterocycles. The van der Waals surface area contributed by atoms with Gasteiger partial charge in [-0.25, -0.2) is 0 Å². The van der Waals surface area contributed by atoms with E-state index in [0.29, 0.717) is 5.56 Å². The average molecular weight is 229 g/mol. The van der Waals surface area contributed by atoms with Crippen LogP contribution in [-0.4, -0.2) is 40.4 Å². The summed E-state index contributed by atoms with van der Waals surface area (Å²) in [6.45, 7) is 1.40. The van der Waals surface area contributed by atoms with Gasteiger partial charge in [-0.2, -0.15) is 0 Å². The Morgan fingerprint density at radius 3 is 2.00 bits per heavy atom. The number of carbonyl (C=O) groups is 1. The molecule has 0 radical (unpaired) electrons. The van der Waals surface area contributed by atoms with Crippen molar-refractivity contribution in [3.63, 3.8) is 0 Å². The van der Waals surface area contributed by atoms with Crippen molar-refractivity contribution in [2.75, 3.05) is 0 Å². The summed E-state index contributed by atoms with van der Waals surface area (Å²) in [5.74, 6) is -0.331. The van der Waals surface area contributed by atoms with Crippen LogP contribution in [0.25, 0.3) is 0 Å². The van der Waals surface area contributed by atoms with Gasteiger partial charge in [0.05, 0.1) is 10.0 Å². The summed E-state index contributed by atoms with van der Waals surface area (Å²) in [6, 6.07) is 2.76. The minimum atomic E-state index is -0.191. The van der Waals surface area contributed by atoms with Gasteiger partial charge in [0.2, 0.25) is 0 Å². The van der Waals surface area contributed by atoms with Crippen LogP contribution in [0.3, 0.4) is 0 Å². The molecule has 0 aromatic heterocycles. The number of hydrogen-bond donors (Lipinski definition) is 1. The molecule has 0 heterocycles. The molecule has 0 amide bonds. The number of ketones is 1. The van der Waals surface area contributed by atoms with E-state index >= 15 is 0 Å². The Labute approximate surface area is 108 Å². The van der Waals surface area contributed by atoms with Gasteiger partial charge in [-0.3, -0.25) is 4.79 Å². The van der Waals surface area contributed by atoms with Crippen molar-refractivity contribution < 1.29 is 9.90 Å². The molecule has 0 unspecified atom stereocenters. The molecule has 0 aliphatic carbocycles. The molecule has 66 valence electrons. The quantitative estimate of drug-likeness (QED) is 0.592. The fourth-order valence-corrected chi connectivity index (χ4v) is 1.26. The van der Waals surface area contributed by atoms with Gasteiger partial charge in [0.25, 0.3) is 0 Å². The fraction of sp³-hybridized carbons (Fsp3) is 0.125. The SMILES string of the molecule is CC(=O)c1cc(Cl)c(O)c(Cl)c1.[NaH]. The predicted octanol–water partition coefficient (Wildman–Crippen LogP) is 2.25. The van der Waals surface area contributed by atoms with Crippen molar-refractivity contribution in [1.82, 2.24) is 0 Å². The van der Waals surface area contributed by atoms with Crippen LogP contribution in [0.4, 0.5) is 0 Å². The Morgan fingerprint density at radius 2 is 1.69 bits per heavy atom. The van der Waals surface area contributed by atoms with E-state index in [-0.39, 0.29) is 51.1 Å². The molecule has 0 saturated heterocycles.